The van der Waals surface area contributed by atoms with Gasteiger partial charge in [0.05, 0.1) is 23.6 Å². The monoisotopic (exact) mass is 421 g/mol. The molecule has 1 aromatic carbocycles. The maximum Gasteiger partial charge on any atom is 0.249 e. The van der Waals surface area contributed by atoms with Crippen molar-refractivity contribution in [2.45, 2.75) is 38.3 Å². The van der Waals surface area contributed by atoms with Crippen molar-refractivity contribution in [3.63, 3.8) is 0 Å². The molecule has 4 aromatic rings. The molecule has 1 aliphatic rings. The number of fused-ring (bicyclic) bond motifs is 3. The molecule has 154 valence electrons. The molecule has 5 rings (SSSR count). The first-order valence-electron chi connectivity index (χ1n) is 10.0. The molecule has 1 unspecified atom stereocenters. The lowest BCUT2D eigenvalue weighted by molar-refractivity contribution is -0.131. The highest BCUT2D eigenvalue weighted by Crippen LogP contribution is 2.34. The number of pyridine rings is 1. The summed E-state index contributed by atoms with van der Waals surface area (Å²) >= 11 is 1.56. The van der Waals surface area contributed by atoms with Crippen LogP contribution in [0.25, 0.3) is 32.0 Å². The first kappa shape index (κ1) is 19.1. The summed E-state index contributed by atoms with van der Waals surface area (Å²) in [5.74, 6) is -0.0503. The molecule has 1 saturated heterocycles. The smallest absolute Gasteiger partial charge is 0.249 e. The van der Waals surface area contributed by atoms with E-state index in [4.69, 9.17) is 9.72 Å². The third-order valence-electron chi connectivity index (χ3n) is 5.59. The van der Waals surface area contributed by atoms with E-state index in [0.29, 0.717) is 6.61 Å². The lowest BCUT2D eigenvalue weighted by atomic mass is 9.92. The Balaban J connectivity index is 1.49. The number of amides is 1. The van der Waals surface area contributed by atoms with Crippen molar-refractivity contribution in [2.24, 2.45) is 7.05 Å². The number of hydrogen-bond donors (Lipinski definition) is 1. The predicted octanol–water partition coefficient (Wildman–Crippen LogP) is 3.78. The largest absolute Gasteiger partial charge is 0.368 e. The van der Waals surface area contributed by atoms with Gasteiger partial charge in [-0.3, -0.25) is 4.79 Å². The van der Waals surface area contributed by atoms with Crippen molar-refractivity contribution in [1.82, 2.24) is 24.8 Å². The topological polar surface area (TPSA) is 81.9 Å². The molecule has 7 nitrogen and oxygen atoms in total. The standard InChI is InChI=1S/C22H23N5O2S/c1-22(2,26-19(28)16-8-5-9-29-16)14-7-4-6-13(10-14)20-25-17-18-15(24-12-27(18)3)11-23-21(17)30-20/h4,6-7,10-12,16H,5,8-9H2,1-3H3,(H,26,28). The van der Waals surface area contributed by atoms with Gasteiger partial charge in [-0.25, -0.2) is 15.0 Å². The van der Waals surface area contributed by atoms with Crippen LogP contribution in [0.4, 0.5) is 0 Å². The molecule has 0 aliphatic carbocycles. The van der Waals surface area contributed by atoms with Gasteiger partial charge in [-0.05, 0) is 38.3 Å². The maximum absolute atomic E-state index is 12.6. The third-order valence-corrected chi connectivity index (χ3v) is 6.60. The zero-order valence-electron chi connectivity index (χ0n) is 17.2. The Morgan fingerprint density at radius 1 is 1.33 bits per heavy atom. The number of ether oxygens (including phenoxy) is 1. The number of rotatable bonds is 4. The Morgan fingerprint density at radius 3 is 3.00 bits per heavy atom. The predicted molar refractivity (Wildman–Crippen MR) is 117 cm³/mol. The fourth-order valence-corrected chi connectivity index (χ4v) is 4.82. The molecule has 1 amide bonds. The summed E-state index contributed by atoms with van der Waals surface area (Å²) in [6.07, 6.45) is 4.95. The molecule has 3 aromatic heterocycles. The van der Waals surface area contributed by atoms with Gasteiger partial charge in [-0.15, -0.1) is 0 Å². The van der Waals surface area contributed by atoms with Gasteiger partial charge in [0.1, 0.15) is 27.0 Å². The van der Waals surface area contributed by atoms with Gasteiger partial charge in [0.15, 0.2) is 0 Å². The number of nitrogens with one attached hydrogen (secondary N) is 1. The van der Waals surface area contributed by atoms with Crippen LogP contribution in [0.2, 0.25) is 0 Å². The fourth-order valence-electron chi connectivity index (χ4n) is 3.91. The number of carbonyl (C=O) groups excluding carboxylic acids is 1. The molecule has 1 aliphatic heterocycles. The fraction of sp³-hybridized carbons (Fsp3) is 0.364. The van der Waals surface area contributed by atoms with E-state index in [-0.39, 0.29) is 12.0 Å². The summed E-state index contributed by atoms with van der Waals surface area (Å²) in [5, 5.41) is 4.04. The van der Waals surface area contributed by atoms with Crippen LogP contribution in [0.3, 0.4) is 0 Å². The van der Waals surface area contributed by atoms with E-state index in [0.717, 1.165) is 50.4 Å². The summed E-state index contributed by atoms with van der Waals surface area (Å²) in [4.78, 5) is 27.2. The first-order chi connectivity index (χ1) is 14.4. The molecule has 0 radical (unpaired) electrons. The van der Waals surface area contributed by atoms with Crippen molar-refractivity contribution in [3.8, 4) is 10.6 Å². The van der Waals surface area contributed by atoms with Crippen LogP contribution in [0.5, 0.6) is 0 Å². The number of nitrogens with zero attached hydrogens (tertiary/aromatic N) is 4. The summed E-state index contributed by atoms with van der Waals surface area (Å²) in [6, 6.07) is 8.17. The molecule has 0 bridgehead atoms. The van der Waals surface area contributed by atoms with E-state index in [1.807, 2.05) is 43.7 Å². The zero-order chi connectivity index (χ0) is 20.9. The quantitative estimate of drug-likeness (QED) is 0.542. The second-order valence-corrected chi connectivity index (χ2v) is 9.19. The Kier molecular flexibility index (Phi) is 4.56. The van der Waals surface area contributed by atoms with Crippen LogP contribution >= 0.6 is 11.3 Å². The minimum absolute atomic E-state index is 0.0503. The molecular weight excluding hydrogens is 398 g/mol. The lowest BCUT2D eigenvalue weighted by Gasteiger charge is -2.28. The highest BCUT2D eigenvalue weighted by atomic mass is 32.1. The second-order valence-electron chi connectivity index (χ2n) is 8.22. The van der Waals surface area contributed by atoms with E-state index in [1.54, 1.807) is 23.9 Å². The second kappa shape index (κ2) is 7.14. The zero-order valence-corrected chi connectivity index (χ0v) is 18.0. The van der Waals surface area contributed by atoms with Gasteiger partial charge in [0, 0.05) is 19.2 Å². The highest BCUT2D eigenvalue weighted by Gasteiger charge is 2.30. The molecule has 1 fully saturated rings. The van der Waals surface area contributed by atoms with Crippen molar-refractivity contribution < 1.29 is 9.53 Å². The van der Waals surface area contributed by atoms with E-state index in [1.165, 1.54) is 0 Å². The van der Waals surface area contributed by atoms with Crippen LogP contribution < -0.4 is 5.32 Å². The molecule has 0 spiro atoms. The van der Waals surface area contributed by atoms with Gasteiger partial charge < -0.3 is 14.6 Å². The van der Waals surface area contributed by atoms with Gasteiger partial charge >= 0.3 is 0 Å². The maximum atomic E-state index is 12.6. The number of benzene rings is 1. The van der Waals surface area contributed by atoms with Crippen molar-refractivity contribution in [2.75, 3.05) is 6.61 Å². The van der Waals surface area contributed by atoms with Crippen molar-refractivity contribution in [1.29, 1.82) is 0 Å². The van der Waals surface area contributed by atoms with E-state index < -0.39 is 5.54 Å². The summed E-state index contributed by atoms with van der Waals surface area (Å²) in [5.41, 5.74) is 4.19. The van der Waals surface area contributed by atoms with Crippen LogP contribution in [0.1, 0.15) is 32.3 Å². The number of aryl methyl sites for hydroxylation is 1. The minimum atomic E-state index is -0.525. The SMILES string of the molecule is Cn1cnc2cnc3sc(-c4cccc(C(C)(C)NC(=O)C5CCCO5)c4)nc3c21. The minimum Gasteiger partial charge on any atom is -0.368 e. The number of imidazole rings is 1. The Hall–Kier alpha value is -2.84. The third kappa shape index (κ3) is 3.26. The molecule has 1 atom stereocenters. The average molecular weight is 422 g/mol. The summed E-state index contributed by atoms with van der Waals surface area (Å²) in [7, 11) is 1.97. The van der Waals surface area contributed by atoms with Gasteiger partial charge in [-0.2, -0.15) is 0 Å². The number of thiazole rings is 1. The Bertz CT molecular complexity index is 1250. The lowest BCUT2D eigenvalue weighted by Crippen LogP contribution is -2.45. The number of carbonyl (C=O) groups is 1. The molecule has 4 heterocycles. The van der Waals surface area contributed by atoms with E-state index in [2.05, 4.69) is 21.4 Å². The highest BCUT2D eigenvalue weighted by molar-refractivity contribution is 7.21. The Labute approximate surface area is 178 Å². The van der Waals surface area contributed by atoms with Gasteiger partial charge in [0.2, 0.25) is 5.91 Å². The number of hydrogen-bond acceptors (Lipinski definition) is 6. The summed E-state index contributed by atoms with van der Waals surface area (Å²) < 4.78 is 7.50. The molecule has 1 N–H and O–H groups in total. The van der Waals surface area contributed by atoms with E-state index in [9.17, 15) is 4.79 Å². The normalized spacial score (nSPS) is 17.1. The number of aromatic nitrogens is 4. The molecule has 8 heteroatoms. The molecule has 0 saturated carbocycles. The van der Waals surface area contributed by atoms with Gasteiger partial charge in [-0.1, -0.05) is 29.5 Å². The molecular formula is C22H23N5O2S. The van der Waals surface area contributed by atoms with Gasteiger partial charge in [0.25, 0.3) is 0 Å². The van der Waals surface area contributed by atoms with Crippen LogP contribution in [-0.4, -0.2) is 38.1 Å². The Morgan fingerprint density at radius 2 is 2.20 bits per heavy atom. The summed E-state index contributed by atoms with van der Waals surface area (Å²) in [6.45, 7) is 4.68. The van der Waals surface area contributed by atoms with Crippen LogP contribution in [-0.2, 0) is 22.1 Å². The first-order valence-corrected chi connectivity index (χ1v) is 10.9. The van der Waals surface area contributed by atoms with Crippen LogP contribution in [0, 0.1) is 0 Å². The van der Waals surface area contributed by atoms with Crippen molar-refractivity contribution >= 4 is 38.6 Å². The van der Waals surface area contributed by atoms with Crippen molar-refractivity contribution in [3.05, 3.63) is 42.4 Å². The van der Waals surface area contributed by atoms with E-state index >= 15 is 0 Å². The molecule has 30 heavy (non-hydrogen) atoms. The van der Waals surface area contributed by atoms with Crippen LogP contribution in [0.15, 0.2) is 36.8 Å². The average Bonchev–Trinajstić information content (AvgIpc) is 3.47.